The molecule has 0 aliphatic heterocycles. The third-order valence-electron chi connectivity index (χ3n) is 6.67. The van der Waals surface area contributed by atoms with Crippen molar-refractivity contribution in [1.82, 2.24) is 20.7 Å². The molecule has 3 rings (SSSR count). The largest absolute Gasteiger partial charge is 0.357 e. The van der Waals surface area contributed by atoms with Crippen LogP contribution in [0.5, 0.6) is 0 Å². The SMILES string of the molecule is CC(C)c1ccc2[nH]c(CC(C)(C)C(=O)NCCNC(=O)N(C)O)c(SC(C)(C)C)c2c1Cc1ccc(Cl)cc1. The van der Waals surface area contributed by atoms with Gasteiger partial charge in [0.2, 0.25) is 5.91 Å². The normalized spacial score (nSPS) is 12.2. The number of thioether (sulfide) groups is 1. The minimum absolute atomic E-state index is 0.0419. The lowest BCUT2D eigenvalue weighted by Crippen LogP contribution is -2.43. The van der Waals surface area contributed by atoms with Gasteiger partial charge in [0, 0.05) is 63.2 Å². The number of fused-ring (bicyclic) bond motifs is 1. The molecule has 0 atom stereocenters. The van der Waals surface area contributed by atoms with Gasteiger partial charge in [0.15, 0.2) is 0 Å². The van der Waals surface area contributed by atoms with E-state index in [9.17, 15) is 14.8 Å². The van der Waals surface area contributed by atoms with Crippen molar-refractivity contribution in [2.24, 2.45) is 5.41 Å². The molecule has 0 aliphatic rings. The zero-order valence-corrected chi connectivity index (χ0v) is 26.4. The topological polar surface area (TPSA) is 97.5 Å². The highest BCUT2D eigenvalue weighted by Crippen LogP contribution is 2.44. The van der Waals surface area contributed by atoms with Gasteiger partial charge < -0.3 is 15.6 Å². The van der Waals surface area contributed by atoms with Crippen LogP contribution in [0.15, 0.2) is 41.3 Å². The summed E-state index contributed by atoms with van der Waals surface area (Å²) >= 11 is 8.01. The van der Waals surface area contributed by atoms with Crippen LogP contribution in [0.4, 0.5) is 4.79 Å². The maximum atomic E-state index is 13.2. The van der Waals surface area contributed by atoms with Gasteiger partial charge in [0.05, 0.1) is 0 Å². The number of hydroxylamine groups is 2. The summed E-state index contributed by atoms with van der Waals surface area (Å²) in [7, 11) is 1.25. The molecule has 7 nitrogen and oxygen atoms in total. The second-order valence-electron chi connectivity index (χ2n) is 12.2. The van der Waals surface area contributed by atoms with Crippen LogP contribution in [0.25, 0.3) is 10.9 Å². The van der Waals surface area contributed by atoms with E-state index in [0.717, 1.165) is 22.7 Å². The van der Waals surface area contributed by atoms with Crippen LogP contribution in [-0.4, -0.2) is 52.1 Å². The zero-order valence-electron chi connectivity index (χ0n) is 24.9. The summed E-state index contributed by atoms with van der Waals surface area (Å²) in [5, 5.41) is 17.1. The molecule has 1 aromatic heterocycles. The molecule has 3 aromatic rings. The predicted molar refractivity (Wildman–Crippen MR) is 166 cm³/mol. The number of benzene rings is 2. The van der Waals surface area contributed by atoms with E-state index in [2.05, 4.69) is 74.5 Å². The molecule has 4 N–H and O–H groups in total. The molecule has 9 heteroatoms. The van der Waals surface area contributed by atoms with Gasteiger partial charge in [0.25, 0.3) is 0 Å². The number of hydrogen-bond acceptors (Lipinski definition) is 4. The average Bonchev–Trinajstić information content (AvgIpc) is 3.17. The van der Waals surface area contributed by atoms with E-state index in [1.807, 2.05) is 37.7 Å². The molecule has 0 aliphatic carbocycles. The molecule has 3 amide bonds. The maximum absolute atomic E-state index is 13.2. The second kappa shape index (κ2) is 12.9. The molecule has 0 radical (unpaired) electrons. The smallest absolute Gasteiger partial charge is 0.340 e. The molecule has 1 heterocycles. The first-order valence-electron chi connectivity index (χ1n) is 13.7. The summed E-state index contributed by atoms with van der Waals surface area (Å²) in [6.07, 6.45) is 1.31. The summed E-state index contributed by atoms with van der Waals surface area (Å²) in [6.45, 7) is 15.4. The first kappa shape index (κ1) is 31.8. The van der Waals surface area contributed by atoms with Crippen molar-refractivity contribution in [3.8, 4) is 0 Å². The molecule has 0 unspecified atom stereocenters. The van der Waals surface area contributed by atoms with E-state index in [1.54, 1.807) is 0 Å². The minimum Gasteiger partial charge on any atom is -0.357 e. The second-order valence-corrected chi connectivity index (χ2v) is 14.5. The Morgan fingerprint density at radius 3 is 2.23 bits per heavy atom. The van der Waals surface area contributed by atoms with E-state index in [-0.39, 0.29) is 23.7 Å². The lowest BCUT2D eigenvalue weighted by atomic mass is 9.86. The lowest BCUT2D eigenvalue weighted by Gasteiger charge is -2.25. The molecule has 40 heavy (non-hydrogen) atoms. The van der Waals surface area contributed by atoms with E-state index in [1.165, 1.54) is 34.0 Å². The Labute approximate surface area is 247 Å². The van der Waals surface area contributed by atoms with Gasteiger partial charge in [-0.05, 0) is 47.2 Å². The van der Waals surface area contributed by atoms with Crippen LogP contribution >= 0.6 is 23.4 Å². The fourth-order valence-electron chi connectivity index (χ4n) is 4.70. The first-order chi connectivity index (χ1) is 18.6. The molecule has 218 valence electrons. The monoisotopic (exact) mass is 586 g/mol. The highest BCUT2D eigenvalue weighted by molar-refractivity contribution is 8.00. The quantitative estimate of drug-likeness (QED) is 0.0878. The first-order valence-corrected chi connectivity index (χ1v) is 14.9. The van der Waals surface area contributed by atoms with E-state index < -0.39 is 11.4 Å². The Kier molecular flexibility index (Phi) is 10.3. The number of H-pyrrole nitrogens is 1. The fraction of sp³-hybridized carbons (Fsp3) is 0.484. The molecule has 0 fully saturated rings. The summed E-state index contributed by atoms with van der Waals surface area (Å²) < 4.78 is -0.0419. The summed E-state index contributed by atoms with van der Waals surface area (Å²) in [5.41, 5.74) is 5.23. The number of hydrogen-bond donors (Lipinski definition) is 4. The number of urea groups is 1. The molecule has 0 bridgehead atoms. The number of aromatic nitrogens is 1. The molecule has 0 saturated carbocycles. The minimum atomic E-state index is -0.705. The molecule has 0 spiro atoms. The standard InChI is InChI=1S/C31H43ClN4O3S/c1-19(2)22-13-14-24-26(23(22)17-20-9-11-21(32)12-10-20)27(40-30(3,4)5)25(35-24)18-31(6,7)28(37)33-15-16-34-29(38)36(8)39/h9-14,19,35,39H,15-18H2,1-8H3,(H,33,37)(H,34,38). The van der Waals surface area contributed by atoms with Crippen LogP contribution in [0.2, 0.25) is 5.02 Å². The van der Waals surface area contributed by atoms with Crippen molar-refractivity contribution in [2.75, 3.05) is 20.1 Å². The van der Waals surface area contributed by atoms with Crippen LogP contribution < -0.4 is 10.6 Å². The van der Waals surface area contributed by atoms with Crippen LogP contribution in [0.1, 0.15) is 76.8 Å². The Morgan fingerprint density at radius 1 is 1.02 bits per heavy atom. The summed E-state index contributed by atoms with van der Waals surface area (Å²) in [4.78, 5) is 29.6. The molecule has 2 aromatic carbocycles. The van der Waals surface area contributed by atoms with Crippen molar-refractivity contribution < 1.29 is 14.8 Å². The van der Waals surface area contributed by atoms with E-state index in [4.69, 9.17) is 11.6 Å². The van der Waals surface area contributed by atoms with Gasteiger partial charge in [-0.3, -0.25) is 10.0 Å². The Balaban J connectivity index is 2.00. The third kappa shape index (κ3) is 8.18. The van der Waals surface area contributed by atoms with Gasteiger partial charge in [0.1, 0.15) is 0 Å². The number of amides is 3. The van der Waals surface area contributed by atoms with Gasteiger partial charge in [-0.2, -0.15) is 0 Å². The molecular formula is C31H43ClN4O3S. The van der Waals surface area contributed by atoms with Gasteiger partial charge in [-0.1, -0.05) is 78.3 Å². The maximum Gasteiger partial charge on any atom is 0.340 e. The molecule has 0 saturated heterocycles. The summed E-state index contributed by atoms with van der Waals surface area (Å²) in [6, 6.07) is 11.8. The van der Waals surface area contributed by atoms with Crippen LogP contribution in [0, 0.1) is 5.41 Å². The lowest BCUT2D eigenvalue weighted by molar-refractivity contribution is -0.129. The average molecular weight is 587 g/mol. The van der Waals surface area contributed by atoms with Crippen molar-refractivity contribution in [3.63, 3.8) is 0 Å². The number of nitrogens with zero attached hydrogens (tertiary/aromatic N) is 1. The Morgan fingerprint density at radius 2 is 1.65 bits per heavy atom. The number of carbonyl (C=O) groups is 2. The number of nitrogens with one attached hydrogen (secondary N) is 3. The van der Waals surface area contributed by atoms with Crippen molar-refractivity contribution >= 4 is 46.2 Å². The van der Waals surface area contributed by atoms with Gasteiger partial charge in [-0.25, -0.2) is 9.86 Å². The van der Waals surface area contributed by atoms with Crippen molar-refractivity contribution in [3.05, 3.63) is 63.8 Å². The van der Waals surface area contributed by atoms with E-state index >= 15 is 0 Å². The number of rotatable bonds is 10. The van der Waals surface area contributed by atoms with Crippen LogP contribution in [-0.2, 0) is 17.6 Å². The van der Waals surface area contributed by atoms with Gasteiger partial charge >= 0.3 is 6.03 Å². The van der Waals surface area contributed by atoms with Crippen molar-refractivity contribution in [1.29, 1.82) is 0 Å². The number of carbonyl (C=O) groups excluding carboxylic acids is 2. The Hall–Kier alpha value is -2.68. The highest BCUT2D eigenvalue weighted by Gasteiger charge is 2.32. The fourth-order valence-corrected chi connectivity index (χ4v) is 6.02. The van der Waals surface area contributed by atoms with Gasteiger partial charge in [-0.15, -0.1) is 11.8 Å². The predicted octanol–water partition coefficient (Wildman–Crippen LogP) is 7.14. The summed E-state index contributed by atoms with van der Waals surface area (Å²) in [5.74, 6) is 0.250. The van der Waals surface area contributed by atoms with Crippen molar-refractivity contribution in [2.45, 2.75) is 76.9 Å². The Bertz CT molecular complexity index is 1340. The van der Waals surface area contributed by atoms with Crippen LogP contribution in [0.3, 0.4) is 0 Å². The zero-order chi connectivity index (χ0) is 29.8. The highest BCUT2D eigenvalue weighted by atomic mass is 35.5. The molecular weight excluding hydrogens is 544 g/mol. The van der Waals surface area contributed by atoms with E-state index in [0.29, 0.717) is 17.4 Å². The number of halogens is 1. The number of aromatic amines is 1. The third-order valence-corrected chi connectivity index (χ3v) is 8.19.